The van der Waals surface area contributed by atoms with E-state index < -0.39 is 5.82 Å². The van der Waals surface area contributed by atoms with Gasteiger partial charge in [-0.25, -0.2) is 9.18 Å². The fourth-order valence-corrected chi connectivity index (χ4v) is 2.51. The molecular formula is C16H16FN3O2. The molecule has 3 rings (SSSR count). The first kappa shape index (κ1) is 14.3. The average Bonchev–Trinajstić information content (AvgIpc) is 3.04. The summed E-state index contributed by atoms with van der Waals surface area (Å²) in [7, 11) is 0. The van der Waals surface area contributed by atoms with Crippen LogP contribution in [0.25, 0.3) is 5.69 Å². The first-order valence-corrected chi connectivity index (χ1v) is 7.19. The van der Waals surface area contributed by atoms with Gasteiger partial charge in [-0.05, 0) is 31.0 Å². The van der Waals surface area contributed by atoms with E-state index in [1.807, 2.05) is 0 Å². The molecule has 1 saturated heterocycles. The van der Waals surface area contributed by atoms with Crippen LogP contribution in [0, 0.1) is 5.82 Å². The molecule has 114 valence electrons. The lowest BCUT2D eigenvalue weighted by Gasteiger charge is -2.17. The van der Waals surface area contributed by atoms with Gasteiger partial charge in [0.1, 0.15) is 5.82 Å². The second-order valence-corrected chi connectivity index (χ2v) is 5.20. The quantitative estimate of drug-likeness (QED) is 0.927. The monoisotopic (exact) mass is 301 g/mol. The molecule has 0 saturated carbocycles. The van der Waals surface area contributed by atoms with Crippen molar-refractivity contribution >= 4 is 11.7 Å². The molecule has 0 aliphatic carbocycles. The molecule has 1 aliphatic rings. The van der Waals surface area contributed by atoms with Crippen LogP contribution in [0.3, 0.4) is 0 Å². The number of pyridine rings is 1. The van der Waals surface area contributed by atoms with Gasteiger partial charge in [-0.3, -0.25) is 9.36 Å². The van der Waals surface area contributed by atoms with Crippen LogP contribution in [0.15, 0.2) is 47.4 Å². The Hall–Kier alpha value is -2.63. The first-order valence-electron chi connectivity index (χ1n) is 7.19. The van der Waals surface area contributed by atoms with Gasteiger partial charge in [0.05, 0.1) is 11.4 Å². The molecule has 6 heteroatoms. The molecule has 1 fully saturated rings. The summed E-state index contributed by atoms with van der Waals surface area (Å²) < 4.78 is 15.5. The zero-order valence-corrected chi connectivity index (χ0v) is 12.0. The fourth-order valence-electron chi connectivity index (χ4n) is 2.51. The van der Waals surface area contributed by atoms with Gasteiger partial charge in [-0.15, -0.1) is 0 Å². The van der Waals surface area contributed by atoms with Gasteiger partial charge in [-0.2, -0.15) is 0 Å². The molecule has 1 aromatic carbocycles. The summed E-state index contributed by atoms with van der Waals surface area (Å²) in [6.07, 6.45) is 3.52. The number of carbonyl (C=O) groups excluding carboxylic acids is 1. The van der Waals surface area contributed by atoms with Crippen LogP contribution >= 0.6 is 0 Å². The lowest BCUT2D eigenvalue weighted by Crippen LogP contribution is -2.32. The number of benzene rings is 1. The summed E-state index contributed by atoms with van der Waals surface area (Å²) in [6, 6.07) is 8.74. The van der Waals surface area contributed by atoms with Gasteiger partial charge >= 0.3 is 6.03 Å². The van der Waals surface area contributed by atoms with Crippen LogP contribution in [-0.4, -0.2) is 28.6 Å². The van der Waals surface area contributed by atoms with Crippen molar-refractivity contribution in [3.05, 3.63) is 58.8 Å². The maximum absolute atomic E-state index is 14.2. The molecule has 1 aliphatic heterocycles. The van der Waals surface area contributed by atoms with Crippen molar-refractivity contribution in [2.75, 3.05) is 18.4 Å². The van der Waals surface area contributed by atoms with E-state index in [1.54, 1.807) is 29.3 Å². The topological polar surface area (TPSA) is 54.3 Å². The predicted molar refractivity (Wildman–Crippen MR) is 81.8 cm³/mol. The smallest absolute Gasteiger partial charge is 0.321 e. The number of carbonyl (C=O) groups is 1. The highest BCUT2D eigenvalue weighted by atomic mass is 19.1. The highest BCUT2D eigenvalue weighted by Gasteiger charge is 2.19. The summed E-state index contributed by atoms with van der Waals surface area (Å²) in [5.74, 6) is -0.569. The second kappa shape index (κ2) is 6.01. The van der Waals surface area contributed by atoms with Gasteiger partial charge in [-0.1, -0.05) is 6.07 Å². The number of hydrogen-bond donors (Lipinski definition) is 1. The molecule has 0 unspecified atom stereocenters. The van der Waals surface area contributed by atoms with Crippen molar-refractivity contribution in [2.24, 2.45) is 0 Å². The van der Waals surface area contributed by atoms with Gasteiger partial charge < -0.3 is 10.2 Å². The van der Waals surface area contributed by atoms with Crippen molar-refractivity contribution in [3.8, 4) is 5.69 Å². The van der Waals surface area contributed by atoms with E-state index in [9.17, 15) is 14.0 Å². The van der Waals surface area contributed by atoms with E-state index in [0.717, 1.165) is 12.8 Å². The van der Waals surface area contributed by atoms with Crippen molar-refractivity contribution < 1.29 is 9.18 Å². The zero-order chi connectivity index (χ0) is 15.5. The molecular weight excluding hydrogens is 285 g/mol. The Morgan fingerprint density at radius 3 is 2.59 bits per heavy atom. The van der Waals surface area contributed by atoms with E-state index in [4.69, 9.17) is 0 Å². The Bertz CT molecular complexity index is 751. The fraction of sp³-hybridized carbons (Fsp3) is 0.250. The van der Waals surface area contributed by atoms with E-state index >= 15 is 0 Å². The number of halogens is 1. The highest BCUT2D eigenvalue weighted by Crippen LogP contribution is 2.19. The number of likely N-dealkylation sites (tertiary alicyclic amines) is 1. The number of nitrogens with zero attached hydrogens (tertiary/aromatic N) is 2. The summed E-state index contributed by atoms with van der Waals surface area (Å²) >= 11 is 0. The summed E-state index contributed by atoms with van der Waals surface area (Å²) in [5.41, 5.74) is 0.294. The summed E-state index contributed by atoms with van der Waals surface area (Å²) in [4.78, 5) is 25.4. The number of nitrogens with one attached hydrogen (secondary N) is 1. The van der Waals surface area contributed by atoms with E-state index in [0.29, 0.717) is 18.8 Å². The minimum atomic E-state index is -0.569. The van der Waals surface area contributed by atoms with Crippen molar-refractivity contribution in [2.45, 2.75) is 12.8 Å². The number of urea groups is 1. The number of anilines is 1. The number of rotatable bonds is 2. The highest BCUT2D eigenvalue weighted by molar-refractivity contribution is 5.89. The molecule has 2 heterocycles. The van der Waals surface area contributed by atoms with E-state index in [2.05, 4.69) is 5.32 Å². The number of aromatic nitrogens is 1. The van der Waals surface area contributed by atoms with Crippen molar-refractivity contribution in [1.29, 1.82) is 0 Å². The Balaban J connectivity index is 1.82. The van der Waals surface area contributed by atoms with Crippen LogP contribution in [0.1, 0.15) is 12.8 Å². The van der Waals surface area contributed by atoms with Crippen LogP contribution in [0.4, 0.5) is 14.9 Å². The standard InChI is InChI=1S/C16H16FN3O2/c17-13-11-12(20-10-2-1-5-15(20)21)6-7-14(13)18-16(22)19-8-3-4-9-19/h1-2,5-7,10-11H,3-4,8-9H2,(H,18,22). The zero-order valence-electron chi connectivity index (χ0n) is 12.0. The second-order valence-electron chi connectivity index (χ2n) is 5.20. The molecule has 22 heavy (non-hydrogen) atoms. The minimum absolute atomic E-state index is 0.115. The predicted octanol–water partition coefficient (Wildman–Crippen LogP) is 2.60. The number of hydrogen-bond acceptors (Lipinski definition) is 2. The Morgan fingerprint density at radius 2 is 1.91 bits per heavy atom. The maximum Gasteiger partial charge on any atom is 0.321 e. The Labute approximate surface area is 127 Å². The molecule has 2 amide bonds. The molecule has 5 nitrogen and oxygen atoms in total. The third kappa shape index (κ3) is 2.86. The first-order chi connectivity index (χ1) is 10.6. The third-order valence-electron chi connectivity index (χ3n) is 3.69. The Kier molecular flexibility index (Phi) is 3.91. The molecule has 2 aromatic rings. The van der Waals surface area contributed by atoms with Gasteiger partial charge in [0.15, 0.2) is 0 Å². The number of amides is 2. The average molecular weight is 301 g/mol. The van der Waals surface area contributed by atoms with Crippen LogP contribution in [0.2, 0.25) is 0 Å². The molecule has 0 atom stereocenters. The van der Waals surface area contributed by atoms with Crippen molar-refractivity contribution in [3.63, 3.8) is 0 Å². The normalized spacial score (nSPS) is 14.1. The van der Waals surface area contributed by atoms with Gasteiger partial charge in [0, 0.05) is 31.4 Å². The third-order valence-corrected chi connectivity index (χ3v) is 3.69. The molecule has 1 N–H and O–H groups in total. The lowest BCUT2D eigenvalue weighted by molar-refractivity contribution is 0.222. The van der Waals surface area contributed by atoms with Gasteiger partial charge in [0.2, 0.25) is 0 Å². The van der Waals surface area contributed by atoms with Gasteiger partial charge in [0.25, 0.3) is 5.56 Å². The molecule has 0 spiro atoms. The largest absolute Gasteiger partial charge is 0.325 e. The SMILES string of the molecule is O=C(Nc1ccc(-n2ccccc2=O)cc1F)N1CCCC1. The molecule has 0 radical (unpaired) electrons. The summed E-state index contributed by atoms with van der Waals surface area (Å²) in [6.45, 7) is 1.40. The maximum atomic E-state index is 14.2. The van der Waals surface area contributed by atoms with E-state index in [1.165, 1.54) is 22.8 Å². The molecule has 1 aromatic heterocycles. The minimum Gasteiger partial charge on any atom is -0.325 e. The van der Waals surface area contributed by atoms with Crippen molar-refractivity contribution in [1.82, 2.24) is 9.47 Å². The summed E-state index contributed by atoms with van der Waals surface area (Å²) in [5, 5.41) is 2.57. The lowest BCUT2D eigenvalue weighted by atomic mass is 10.2. The van der Waals surface area contributed by atoms with Crippen LogP contribution < -0.4 is 10.9 Å². The van der Waals surface area contributed by atoms with E-state index in [-0.39, 0.29) is 17.3 Å². The Morgan fingerprint density at radius 1 is 1.14 bits per heavy atom. The molecule has 0 bridgehead atoms. The van der Waals surface area contributed by atoms with Crippen LogP contribution in [0.5, 0.6) is 0 Å². The van der Waals surface area contributed by atoms with Crippen LogP contribution in [-0.2, 0) is 0 Å².